The Bertz CT molecular complexity index is 1250. The van der Waals surface area contributed by atoms with Gasteiger partial charge in [-0.1, -0.05) is 0 Å². The van der Waals surface area contributed by atoms with Crippen LogP contribution < -0.4 is 15.0 Å². The van der Waals surface area contributed by atoms with Crippen LogP contribution in [0.3, 0.4) is 0 Å². The number of anilines is 2. The van der Waals surface area contributed by atoms with Crippen molar-refractivity contribution in [3.8, 4) is 23.1 Å². The van der Waals surface area contributed by atoms with Crippen molar-refractivity contribution >= 4 is 23.1 Å². The summed E-state index contributed by atoms with van der Waals surface area (Å²) in [5.74, 6) is 1.13. The minimum Gasteiger partial charge on any atom is -0.497 e. The first-order valence-electron chi connectivity index (χ1n) is 10.7. The first-order valence-corrected chi connectivity index (χ1v) is 10.7. The molecule has 0 unspecified atom stereocenters. The highest BCUT2D eigenvalue weighted by atomic mass is 16.6. The fraction of sp³-hybridized carbons (Fsp3) is 0.250. The minimum atomic E-state index is -0.574. The topological polar surface area (TPSA) is 134 Å². The Hall–Kier alpha value is -4.52. The van der Waals surface area contributed by atoms with Gasteiger partial charge in [0.2, 0.25) is 5.91 Å². The van der Waals surface area contributed by atoms with Crippen LogP contribution in [0, 0.1) is 27.4 Å². The molecule has 0 aliphatic carbocycles. The van der Waals surface area contributed by atoms with Crippen molar-refractivity contribution in [1.29, 1.82) is 5.26 Å². The molecule has 2 aromatic carbocycles. The summed E-state index contributed by atoms with van der Waals surface area (Å²) in [4.78, 5) is 34.0. The zero-order chi connectivity index (χ0) is 24.1. The summed E-state index contributed by atoms with van der Waals surface area (Å²) in [7, 11) is 1.62. The Kier molecular flexibility index (Phi) is 6.64. The van der Waals surface area contributed by atoms with Crippen LogP contribution in [-0.4, -0.2) is 41.0 Å². The fourth-order valence-corrected chi connectivity index (χ4v) is 3.89. The number of methoxy groups -OCH3 is 1. The number of aromatic nitrogens is 2. The van der Waals surface area contributed by atoms with Crippen molar-refractivity contribution in [1.82, 2.24) is 9.97 Å². The van der Waals surface area contributed by atoms with Gasteiger partial charge < -0.3 is 15.0 Å². The average molecular weight is 458 g/mol. The van der Waals surface area contributed by atoms with Crippen LogP contribution in [0.5, 0.6) is 5.75 Å². The number of hydrogen-bond donors (Lipinski definition) is 1. The Balaban J connectivity index is 1.39. The molecule has 3 aromatic rings. The summed E-state index contributed by atoms with van der Waals surface area (Å²) in [5, 5.41) is 23.0. The molecule has 0 saturated carbocycles. The quantitative estimate of drug-likeness (QED) is 0.435. The third kappa shape index (κ3) is 4.94. The third-order valence-electron chi connectivity index (χ3n) is 5.82. The number of nitrogens with zero attached hydrogens (tertiary/aromatic N) is 5. The van der Waals surface area contributed by atoms with Crippen molar-refractivity contribution in [2.45, 2.75) is 12.8 Å². The van der Waals surface area contributed by atoms with E-state index in [1.807, 2.05) is 36.4 Å². The number of non-ortho nitro benzene ring substituents is 1. The molecule has 1 aromatic heterocycles. The van der Waals surface area contributed by atoms with Crippen molar-refractivity contribution in [3.05, 3.63) is 70.5 Å². The molecule has 1 aliphatic rings. The molecule has 0 radical (unpaired) electrons. The van der Waals surface area contributed by atoms with Gasteiger partial charge in [0.05, 0.1) is 29.0 Å². The van der Waals surface area contributed by atoms with E-state index in [4.69, 9.17) is 4.74 Å². The Morgan fingerprint density at radius 3 is 2.56 bits per heavy atom. The predicted molar refractivity (Wildman–Crippen MR) is 125 cm³/mol. The number of nitriles is 1. The van der Waals surface area contributed by atoms with Crippen molar-refractivity contribution in [3.63, 3.8) is 0 Å². The highest BCUT2D eigenvalue weighted by molar-refractivity contribution is 5.94. The van der Waals surface area contributed by atoms with E-state index in [9.17, 15) is 20.2 Å². The number of amides is 1. The zero-order valence-electron chi connectivity index (χ0n) is 18.5. The van der Waals surface area contributed by atoms with E-state index in [-0.39, 0.29) is 28.8 Å². The molecule has 4 rings (SSSR count). The van der Waals surface area contributed by atoms with Crippen LogP contribution in [0.25, 0.3) is 11.3 Å². The van der Waals surface area contributed by atoms with Gasteiger partial charge in [-0.15, -0.1) is 0 Å². The standard InChI is InChI=1S/C24H22N6O4/c1-34-20-5-2-16(3-6-20)22-13-23(27-15-26-22)29-10-8-17(9-11-29)24(31)28-21-7-4-19(30(32)33)12-18(21)14-25/h2-7,12-13,15,17H,8-11H2,1H3,(H,28,31). The lowest BCUT2D eigenvalue weighted by atomic mass is 9.95. The molecular weight excluding hydrogens is 436 g/mol. The first kappa shape index (κ1) is 22.7. The van der Waals surface area contributed by atoms with E-state index in [0.717, 1.165) is 28.9 Å². The monoisotopic (exact) mass is 458 g/mol. The van der Waals surface area contributed by atoms with E-state index in [2.05, 4.69) is 20.2 Å². The molecule has 34 heavy (non-hydrogen) atoms. The second kappa shape index (κ2) is 9.95. The van der Waals surface area contributed by atoms with E-state index >= 15 is 0 Å². The Morgan fingerprint density at radius 2 is 1.91 bits per heavy atom. The number of hydrogen-bond acceptors (Lipinski definition) is 8. The molecule has 172 valence electrons. The minimum absolute atomic E-state index is 0.0621. The largest absolute Gasteiger partial charge is 0.497 e. The molecule has 1 saturated heterocycles. The van der Waals surface area contributed by atoms with Crippen molar-refractivity contribution in [2.24, 2.45) is 5.92 Å². The molecule has 1 N–H and O–H groups in total. The number of carbonyl (C=O) groups excluding carboxylic acids is 1. The Morgan fingerprint density at radius 1 is 1.18 bits per heavy atom. The number of nitrogens with one attached hydrogen (secondary N) is 1. The van der Waals surface area contributed by atoms with Crippen LogP contribution in [0.15, 0.2) is 54.9 Å². The van der Waals surface area contributed by atoms with E-state index < -0.39 is 4.92 Å². The summed E-state index contributed by atoms with van der Waals surface area (Å²) in [6.07, 6.45) is 2.76. The summed E-state index contributed by atoms with van der Waals surface area (Å²) in [6, 6.07) is 15.3. The number of nitro benzene ring substituents is 1. The van der Waals surface area contributed by atoms with E-state index in [0.29, 0.717) is 25.9 Å². The number of carbonyl (C=O) groups is 1. The van der Waals surface area contributed by atoms with Gasteiger partial charge in [0.25, 0.3) is 5.69 Å². The lowest BCUT2D eigenvalue weighted by Crippen LogP contribution is -2.38. The average Bonchev–Trinajstić information content (AvgIpc) is 2.89. The molecule has 1 fully saturated rings. The van der Waals surface area contributed by atoms with Crippen LogP contribution >= 0.6 is 0 Å². The summed E-state index contributed by atoms with van der Waals surface area (Å²) < 4.78 is 5.20. The molecular formula is C24H22N6O4. The SMILES string of the molecule is COc1ccc(-c2cc(N3CCC(C(=O)Nc4ccc([N+](=O)[O-])cc4C#N)CC3)ncn2)cc1. The number of piperidine rings is 1. The molecule has 1 aliphatic heterocycles. The van der Waals surface area contributed by atoms with Gasteiger partial charge in [-0.05, 0) is 43.2 Å². The highest BCUT2D eigenvalue weighted by Gasteiger charge is 2.26. The molecule has 10 nitrogen and oxygen atoms in total. The number of rotatable bonds is 6. The smallest absolute Gasteiger partial charge is 0.270 e. The summed E-state index contributed by atoms with van der Waals surface area (Å²) in [6.45, 7) is 1.28. The van der Waals surface area contributed by atoms with Crippen LogP contribution in [0.4, 0.5) is 17.2 Å². The third-order valence-corrected chi connectivity index (χ3v) is 5.82. The van der Waals surface area contributed by atoms with Gasteiger partial charge in [0, 0.05) is 42.8 Å². The highest BCUT2D eigenvalue weighted by Crippen LogP contribution is 2.28. The van der Waals surface area contributed by atoms with Crippen LogP contribution in [-0.2, 0) is 4.79 Å². The lowest BCUT2D eigenvalue weighted by Gasteiger charge is -2.32. The molecule has 0 atom stereocenters. The molecule has 2 heterocycles. The molecule has 10 heteroatoms. The molecule has 1 amide bonds. The van der Waals surface area contributed by atoms with Gasteiger partial charge >= 0.3 is 0 Å². The van der Waals surface area contributed by atoms with Gasteiger partial charge in [-0.2, -0.15) is 5.26 Å². The maximum Gasteiger partial charge on any atom is 0.270 e. The van der Waals surface area contributed by atoms with Gasteiger partial charge in [-0.25, -0.2) is 9.97 Å². The predicted octanol–water partition coefficient (Wildman–Crippen LogP) is 3.79. The van der Waals surface area contributed by atoms with Crippen molar-refractivity contribution in [2.75, 3.05) is 30.4 Å². The normalized spacial score (nSPS) is 13.7. The first-order chi connectivity index (χ1) is 16.5. The second-order valence-corrected chi connectivity index (χ2v) is 7.84. The van der Waals surface area contributed by atoms with E-state index in [1.165, 1.54) is 18.5 Å². The molecule has 0 bridgehead atoms. The van der Waals surface area contributed by atoms with Crippen LogP contribution in [0.1, 0.15) is 18.4 Å². The van der Waals surface area contributed by atoms with Crippen molar-refractivity contribution < 1.29 is 14.5 Å². The fourth-order valence-electron chi connectivity index (χ4n) is 3.89. The maximum absolute atomic E-state index is 12.8. The number of ether oxygens (including phenoxy) is 1. The summed E-state index contributed by atoms with van der Waals surface area (Å²) >= 11 is 0. The van der Waals surface area contributed by atoms with Crippen LogP contribution in [0.2, 0.25) is 0 Å². The lowest BCUT2D eigenvalue weighted by molar-refractivity contribution is -0.384. The summed E-state index contributed by atoms with van der Waals surface area (Å²) in [5.41, 5.74) is 1.90. The van der Waals surface area contributed by atoms with Gasteiger partial charge in [0.1, 0.15) is 24.0 Å². The second-order valence-electron chi connectivity index (χ2n) is 7.84. The van der Waals surface area contributed by atoms with Gasteiger partial charge in [-0.3, -0.25) is 14.9 Å². The Labute approximate surface area is 196 Å². The maximum atomic E-state index is 12.8. The number of benzene rings is 2. The van der Waals surface area contributed by atoms with Gasteiger partial charge in [0.15, 0.2) is 0 Å². The van der Waals surface area contributed by atoms with E-state index in [1.54, 1.807) is 7.11 Å². The molecule has 0 spiro atoms. The number of nitro groups is 1. The zero-order valence-corrected chi connectivity index (χ0v) is 18.5.